The van der Waals surface area contributed by atoms with Gasteiger partial charge in [-0.1, -0.05) is 19.9 Å². The van der Waals surface area contributed by atoms with Crippen LogP contribution in [0.25, 0.3) is 5.57 Å². The van der Waals surface area contributed by atoms with Crippen LogP contribution >= 0.6 is 0 Å². The summed E-state index contributed by atoms with van der Waals surface area (Å²) < 4.78 is 11.8. The van der Waals surface area contributed by atoms with Crippen molar-refractivity contribution in [3.05, 3.63) is 74.3 Å². The van der Waals surface area contributed by atoms with E-state index >= 15 is 0 Å². The Balaban J connectivity index is 1.35. The molecule has 0 radical (unpaired) electrons. The fraction of sp³-hybridized carbons (Fsp3) is 0.448. The van der Waals surface area contributed by atoms with Gasteiger partial charge in [0.05, 0.1) is 4.92 Å². The number of benzene rings is 2. The van der Waals surface area contributed by atoms with Gasteiger partial charge < -0.3 is 14.4 Å². The molecule has 8 heteroatoms. The van der Waals surface area contributed by atoms with E-state index in [0.29, 0.717) is 54.8 Å². The number of piperidine rings is 1. The number of non-ortho nitro benzene ring substituents is 1. The molecule has 0 aromatic heterocycles. The van der Waals surface area contributed by atoms with E-state index < -0.39 is 15.9 Å². The van der Waals surface area contributed by atoms with Gasteiger partial charge in [0.2, 0.25) is 0 Å². The predicted molar refractivity (Wildman–Crippen MR) is 139 cm³/mol. The topological polar surface area (TPSA) is 99.0 Å². The maximum Gasteiger partial charge on any atom is 0.410 e. The summed E-state index contributed by atoms with van der Waals surface area (Å²) in [6.07, 6.45) is 1.65. The molecule has 0 N–H and O–H groups in total. The average molecular weight is 505 g/mol. The number of nitrogens with zero attached hydrogens (tertiary/aromatic N) is 2. The lowest BCUT2D eigenvalue weighted by Gasteiger charge is -2.36. The Bertz CT molecular complexity index is 1340. The number of carbonyl (C=O) groups is 2. The molecule has 0 saturated carbocycles. The van der Waals surface area contributed by atoms with Crippen molar-refractivity contribution in [3.63, 3.8) is 0 Å². The van der Waals surface area contributed by atoms with Gasteiger partial charge in [0.1, 0.15) is 17.5 Å². The molecule has 5 rings (SSSR count). The molecule has 3 aliphatic rings. The van der Waals surface area contributed by atoms with Crippen LogP contribution in [0.4, 0.5) is 10.5 Å². The van der Waals surface area contributed by atoms with Crippen LogP contribution in [-0.2, 0) is 16.6 Å². The zero-order valence-electron chi connectivity index (χ0n) is 21.9. The highest BCUT2D eigenvalue weighted by atomic mass is 16.6. The number of nitro benzene ring substituents is 1. The second-order valence-corrected chi connectivity index (χ2v) is 11.6. The van der Waals surface area contributed by atoms with Crippen LogP contribution in [0.15, 0.2) is 42.0 Å². The van der Waals surface area contributed by atoms with E-state index in [9.17, 15) is 19.7 Å². The van der Waals surface area contributed by atoms with Gasteiger partial charge in [-0.25, -0.2) is 4.79 Å². The van der Waals surface area contributed by atoms with E-state index in [-0.39, 0.29) is 23.7 Å². The summed E-state index contributed by atoms with van der Waals surface area (Å²) in [5, 5.41) is 11.3. The largest absolute Gasteiger partial charge is 0.490 e. The Morgan fingerprint density at radius 2 is 1.78 bits per heavy atom. The summed E-state index contributed by atoms with van der Waals surface area (Å²) in [5.74, 6) is 0.603. The van der Waals surface area contributed by atoms with Crippen LogP contribution < -0.4 is 4.74 Å². The van der Waals surface area contributed by atoms with Crippen LogP contribution in [0.1, 0.15) is 74.5 Å². The number of ether oxygens (including phenoxy) is 2. The van der Waals surface area contributed by atoms with Gasteiger partial charge in [0, 0.05) is 54.6 Å². The van der Waals surface area contributed by atoms with Gasteiger partial charge in [0.15, 0.2) is 5.78 Å². The molecule has 1 aliphatic heterocycles. The fourth-order valence-electron chi connectivity index (χ4n) is 5.58. The molecule has 0 spiro atoms. The Morgan fingerprint density at radius 3 is 2.43 bits per heavy atom. The molecule has 1 amide bonds. The third kappa shape index (κ3) is 4.49. The first kappa shape index (κ1) is 25.0. The third-order valence-electron chi connectivity index (χ3n) is 7.53. The summed E-state index contributed by atoms with van der Waals surface area (Å²) >= 11 is 0. The van der Waals surface area contributed by atoms with Crippen molar-refractivity contribution in [1.82, 2.24) is 4.90 Å². The van der Waals surface area contributed by atoms with Crippen LogP contribution in [-0.4, -0.2) is 46.5 Å². The zero-order valence-corrected chi connectivity index (χ0v) is 21.9. The molecular weight excluding hydrogens is 472 g/mol. The number of likely N-dealkylation sites (tertiary alicyclic amines) is 1. The lowest BCUT2D eigenvalue weighted by Crippen LogP contribution is -2.44. The van der Waals surface area contributed by atoms with Gasteiger partial charge >= 0.3 is 6.09 Å². The maximum atomic E-state index is 13.6. The van der Waals surface area contributed by atoms with Gasteiger partial charge in [-0.2, -0.15) is 0 Å². The summed E-state index contributed by atoms with van der Waals surface area (Å²) in [5.41, 5.74) is 3.74. The Kier molecular flexibility index (Phi) is 5.89. The highest BCUT2D eigenvalue weighted by Crippen LogP contribution is 2.51. The number of hydrogen-bond donors (Lipinski definition) is 0. The minimum Gasteiger partial charge on any atom is -0.490 e. The number of nitro groups is 1. The average Bonchev–Trinajstić information content (AvgIpc) is 3.22. The summed E-state index contributed by atoms with van der Waals surface area (Å²) in [6, 6.07) is 10.4. The number of rotatable bonds is 3. The monoisotopic (exact) mass is 504 g/mol. The predicted octanol–water partition coefficient (Wildman–Crippen LogP) is 5.86. The van der Waals surface area contributed by atoms with Crippen molar-refractivity contribution in [3.8, 4) is 5.75 Å². The second kappa shape index (κ2) is 8.71. The number of ketones is 1. The van der Waals surface area contributed by atoms with Gasteiger partial charge in [-0.05, 0) is 67.7 Å². The Morgan fingerprint density at radius 1 is 1.08 bits per heavy atom. The van der Waals surface area contributed by atoms with Crippen molar-refractivity contribution < 1.29 is 24.0 Å². The van der Waals surface area contributed by atoms with Crippen molar-refractivity contribution in [2.24, 2.45) is 0 Å². The Labute approximate surface area is 216 Å². The standard InChI is InChI=1S/C29H32N2O6/c1-28(2,3)37-27(33)30-12-10-19(11-13-30)36-20-8-9-21-23(16-20)29(4,5)24-14-17-6-7-18(31(34)35)15-22(17)25(24)26(21)32/h6-9,15-16,19H,10-14H2,1-5H3. The minimum absolute atomic E-state index is 0.00892. The van der Waals surface area contributed by atoms with E-state index in [4.69, 9.17) is 9.47 Å². The van der Waals surface area contributed by atoms with E-state index in [1.54, 1.807) is 11.0 Å². The zero-order chi connectivity index (χ0) is 26.7. The van der Waals surface area contributed by atoms with E-state index in [2.05, 4.69) is 13.8 Å². The van der Waals surface area contributed by atoms with Crippen LogP contribution in [0.5, 0.6) is 5.75 Å². The molecule has 1 heterocycles. The van der Waals surface area contributed by atoms with Gasteiger partial charge in [-0.15, -0.1) is 0 Å². The lowest BCUT2D eigenvalue weighted by molar-refractivity contribution is -0.384. The van der Waals surface area contributed by atoms with Crippen molar-refractivity contribution in [2.75, 3.05) is 13.1 Å². The highest BCUT2D eigenvalue weighted by Gasteiger charge is 2.43. The number of carbonyl (C=O) groups excluding carboxylic acids is 2. The van der Waals surface area contributed by atoms with E-state index in [0.717, 1.165) is 16.7 Å². The number of hydrogen-bond acceptors (Lipinski definition) is 6. The molecule has 37 heavy (non-hydrogen) atoms. The molecule has 2 aromatic rings. The number of Topliss-reactive ketones (excluding diaryl/α,β-unsaturated/α-hetero) is 1. The smallest absolute Gasteiger partial charge is 0.410 e. The van der Waals surface area contributed by atoms with Gasteiger partial charge in [0.25, 0.3) is 5.69 Å². The van der Waals surface area contributed by atoms with Crippen LogP contribution in [0, 0.1) is 10.1 Å². The van der Waals surface area contributed by atoms with Crippen LogP contribution in [0.3, 0.4) is 0 Å². The molecule has 0 atom stereocenters. The molecule has 194 valence electrons. The van der Waals surface area contributed by atoms with Crippen LogP contribution in [0.2, 0.25) is 0 Å². The molecule has 1 fully saturated rings. The number of amides is 1. The summed E-state index contributed by atoms with van der Waals surface area (Å²) in [4.78, 5) is 38.6. The normalized spacial score (nSPS) is 18.7. The Hall–Kier alpha value is -3.68. The van der Waals surface area contributed by atoms with E-state index in [1.807, 2.05) is 39.0 Å². The molecule has 0 bridgehead atoms. The van der Waals surface area contributed by atoms with Crippen molar-refractivity contribution in [1.29, 1.82) is 0 Å². The molecule has 0 unspecified atom stereocenters. The third-order valence-corrected chi connectivity index (χ3v) is 7.53. The van der Waals surface area contributed by atoms with Crippen molar-refractivity contribution in [2.45, 2.75) is 71.0 Å². The molecule has 8 nitrogen and oxygen atoms in total. The highest BCUT2D eigenvalue weighted by molar-refractivity contribution is 6.33. The summed E-state index contributed by atoms with van der Waals surface area (Å²) in [6.45, 7) is 10.9. The molecule has 2 aliphatic carbocycles. The number of allylic oxidation sites excluding steroid dienone is 2. The fourth-order valence-corrected chi connectivity index (χ4v) is 5.58. The lowest BCUT2D eigenvalue weighted by atomic mass is 9.68. The first-order chi connectivity index (χ1) is 17.3. The first-order valence-corrected chi connectivity index (χ1v) is 12.7. The quantitative estimate of drug-likeness (QED) is 0.384. The molecule has 1 saturated heterocycles. The summed E-state index contributed by atoms with van der Waals surface area (Å²) in [7, 11) is 0. The number of fused-ring (bicyclic) bond motifs is 3. The SMILES string of the molecule is CC(C)(C)OC(=O)N1CCC(Oc2ccc3c(c2)C(C)(C)C2=C(C3=O)c3cc([N+](=O)[O-])ccc3C2)CC1. The minimum atomic E-state index is -0.525. The first-order valence-electron chi connectivity index (χ1n) is 12.7. The van der Waals surface area contributed by atoms with Crippen molar-refractivity contribution >= 4 is 23.1 Å². The molecule has 2 aromatic carbocycles. The van der Waals surface area contributed by atoms with Gasteiger partial charge in [-0.3, -0.25) is 14.9 Å². The maximum absolute atomic E-state index is 13.6. The van der Waals surface area contributed by atoms with E-state index in [1.165, 1.54) is 12.1 Å². The second-order valence-electron chi connectivity index (χ2n) is 11.6. The molecular formula is C29H32N2O6.